The minimum atomic E-state index is 0.220. The van der Waals surface area contributed by atoms with Gasteiger partial charge >= 0.3 is 0 Å². The molecule has 0 amide bonds. The molecule has 0 N–H and O–H groups in total. The number of rotatable bonds is 3. The van der Waals surface area contributed by atoms with Gasteiger partial charge in [0, 0.05) is 23.0 Å². The molecule has 3 rings (SSSR count). The fourth-order valence-corrected chi connectivity index (χ4v) is 8.41. The number of hydrogen-bond acceptors (Lipinski definition) is 7. The monoisotopic (exact) mass is 331 g/mol. The van der Waals surface area contributed by atoms with Gasteiger partial charge in [0.15, 0.2) is 0 Å². The zero-order chi connectivity index (χ0) is 12.4. The van der Waals surface area contributed by atoms with Crippen LogP contribution < -0.4 is 4.06 Å². The highest BCUT2D eigenvalue weighted by Gasteiger charge is 2.23. The second-order valence-electron chi connectivity index (χ2n) is 3.56. The standard InChI is InChI=1S/C11H9NOS5/c13-11-17-9-10(18-11)16-7(6-15-9)5-14-8-3-1-2-4-12-8/h1-4,7H,5-6H2. The van der Waals surface area contributed by atoms with Crippen molar-refractivity contribution in [1.82, 2.24) is 4.98 Å². The molecule has 7 heteroatoms. The van der Waals surface area contributed by atoms with Crippen LogP contribution in [0.15, 0.2) is 42.6 Å². The lowest BCUT2D eigenvalue weighted by atomic mass is 10.5. The Morgan fingerprint density at radius 3 is 3.06 bits per heavy atom. The van der Waals surface area contributed by atoms with Crippen molar-refractivity contribution in [2.24, 2.45) is 0 Å². The van der Waals surface area contributed by atoms with Crippen LogP contribution in [-0.2, 0) is 0 Å². The van der Waals surface area contributed by atoms with E-state index in [1.807, 2.05) is 47.9 Å². The molecule has 0 saturated carbocycles. The lowest BCUT2D eigenvalue weighted by molar-refractivity contribution is 1.10. The Bertz CT molecular complexity index is 579. The molecule has 2 aromatic rings. The summed E-state index contributed by atoms with van der Waals surface area (Å²) < 4.78 is 2.65. The molecule has 0 spiro atoms. The molecular weight excluding hydrogens is 322 g/mol. The molecule has 1 aliphatic rings. The molecule has 0 aromatic carbocycles. The molecule has 2 aromatic heterocycles. The van der Waals surface area contributed by atoms with Crippen LogP contribution in [0.25, 0.3) is 0 Å². The van der Waals surface area contributed by atoms with E-state index in [-0.39, 0.29) is 4.06 Å². The van der Waals surface area contributed by atoms with Gasteiger partial charge < -0.3 is 0 Å². The number of hydrogen-bond donors (Lipinski definition) is 0. The third-order valence-corrected chi connectivity index (χ3v) is 9.17. The Balaban J connectivity index is 1.61. The van der Waals surface area contributed by atoms with Crippen LogP contribution in [0.3, 0.4) is 0 Å². The van der Waals surface area contributed by atoms with E-state index in [0.29, 0.717) is 5.25 Å². The van der Waals surface area contributed by atoms with Crippen LogP contribution in [-0.4, -0.2) is 21.7 Å². The maximum Gasteiger partial charge on any atom is 0.289 e. The van der Waals surface area contributed by atoms with E-state index in [1.54, 1.807) is 11.8 Å². The normalized spacial score (nSPS) is 18.6. The van der Waals surface area contributed by atoms with Gasteiger partial charge in [-0.1, -0.05) is 28.7 Å². The van der Waals surface area contributed by atoms with Gasteiger partial charge in [-0.2, -0.15) is 0 Å². The fraction of sp³-hybridized carbons (Fsp3) is 0.273. The predicted octanol–water partition coefficient (Wildman–Crippen LogP) is 3.92. The Morgan fingerprint density at radius 1 is 1.33 bits per heavy atom. The van der Waals surface area contributed by atoms with Gasteiger partial charge in [0.1, 0.15) is 0 Å². The SMILES string of the molecule is O=c1sc2c(s1)SC(CSc1ccccn1)CS2. The second kappa shape index (κ2) is 6.00. The van der Waals surface area contributed by atoms with Crippen LogP contribution in [0, 0.1) is 0 Å². The topological polar surface area (TPSA) is 30.0 Å². The molecule has 94 valence electrons. The van der Waals surface area contributed by atoms with Gasteiger partial charge in [0.05, 0.1) is 13.4 Å². The molecule has 3 heterocycles. The van der Waals surface area contributed by atoms with Crippen molar-refractivity contribution in [2.75, 3.05) is 11.5 Å². The summed E-state index contributed by atoms with van der Waals surface area (Å²) in [5.41, 5.74) is 0. The van der Waals surface area contributed by atoms with Gasteiger partial charge in [-0.3, -0.25) is 4.79 Å². The van der Waals surface area contributed by atoms with Gasteiger partial charge in [0.25, 0.3) is 4.06 Å². The van der Waals surface area contributed by atoms with E-state index in [4.69, 9.17) is 0 Å². The number of thioether (sulfide) groups is 3. The van der Waals surface area contributed by atoms with Crippen molar-refractivity contribution in [2.45, 2.75) is 18.7 Å². The fourth-order valence-electron chi connectivity index (χ4n) is 1.46. The summed E-state index contributed by atoms with van der Waals surface area (Å²) in [6, 6.07) is 5.99. The van der Waals surface area contributed by atoms with E-state index in [9.17, 15) is 4.79 Å². The van der Waals surface area contributed by atoms with Crippen LogP contribution >= 0.6 is 58.0 Å². The van der Waals surface area contributed by atoms with Gasteiger partial charge in [-0.05, 0) is 12.1 Å². The predicted molar refractivity (Wildman–Crippen MR) is 83.8 cm³/mol. The summed E-state index contributed by atoms with van der Waals surface area (Å²) in [5.74, 6) is 2.13. The molecule has 1 aliphatic heterocycles. The maximum absolute atomic E-state index is 11.3. The molecule has 2 nitrogen and oxygen atoms in total. The molecule has 1 unspecified atom stereocenters. The van der Waals surface area contributed by atoms with Crippen molar-refractivity contribution in [3.63, 3.8) is 0 Å². The highest BCUT2D eigenvalue weighted by molar-refractivity contribution is 8.09. The average molecular weight is 332 g/mol. The minimum absolute atomic E-state index is 0.220. The van der Waals surface area contributed by atoms with Crippen LogP contribution in [0.4, 0.5) is 0 Å². The Morgan fingerprint density at radius 2 is 2.22 bits per heavy atom. The molecule has 1 atom stereocenters. The number of aromatic nitrogens is 1. The van der Waals surface area contributed by atoms with Gasteiger partial charge in [-0.15, -0.1) is 35.3 Å². The third kappa shape index (κ3) is 3.14. The van der Waals surface area contributed by atoms with E-state index in [0.717, 1.165) is 16.5 Å². The molecule has 0 saturated heterocycles. The zero-order valence-corrected chi connectivity index (χ0v) is 13.3. The summed E-state index contributed by atoms with van der Waals surface area (Å²) in [5, 5.41) is 1.65. The minimum Gasteiger partial charge on any atom is -0.265 e. The first kappa shape index (κ1) is 13.1. The van der Waals surface area contributed by atoms with Gasteiger partial charge in [-0.25, -0.2) is 4.98 Å². The lowest BCUT2D eigenvalue weighted by Crippen LogP contribution is -2.12. The first-order valence-corrected chi connectivity index (χ1v) is 9.77. The second-order valence-corrected chi connectivity index (χ2v) is 9.68. The first-order chi connectivity index (χ1) is 8.81. The zero-order valence-electron chi connectivity index (χ0n) is 9.20. The molecule has 0 aliphatic carbocycles. The number of pyridine rings is 1. The summed E-state index contributed by atoms with van der Waals surface area (Å²) in [7, 11) is 0. The summed E-state index contributed by atoms with van der Waals surface area (Å²) >= 11 is 8.27. The van der Waals surface area contributed by atoms with E-state index >= 15 is 0 Å². The van der Waals surface area contributed by atoms with Crippen molar-refractivity contribution in [1.29, 1.82) is 0 Å². The molecule has 0 radical (unpaired) electrons. The first-order valence-electron chi connectivity index (χ1n) is 5.28. The average Bonchev–Trinajstić information content (AvgIpc) is 2.77. The van der Waals surface area contributed by atoms with E-state index < -0.39 is 0 Å². The quantitative estimate of drug-likeness (QED) is 0.795. The van der Waals surface area contributed by atoms with Crippen molar-refractivity contribution >= 4 is 58.0 Å². The summed E-state index contributed by atoms with van der Waals surface area (Å²) in [4.78, 5) is 15.7. The Labute approximate surface area is 126 Å². The van der Waals surface area contributed by atoms with Crippen LogP contribution in [0.5, 0.6) is 0 Å². The number of fused-ring (bicyclic) bond motifs is 1. The smallest absolute Gasteiger partial charge is 0.265 e. The Hall–Kier alpha value is 0.0500. The third-order valence-electron chi connectivity index (χ3n) is 2.25. The molecule has 0 bridgehead atoms. The lowest BCUT2D eigenvalue weighted by Gasteiger charge is -2.19. The highest BCUT2D eigenvalue weighted by atomic mass is 32.2. The number of nitrogens with zero attached hydrogens (tertiary/aromatic N) is 1. The Kier molecular flexibility index (Phi) is 4.35. The van der Waals surface area contributed by atoms with Crippen molar-refractivity contribution in [3.8, 4) is 0 Å². The summed E-state index contributed by atoms with van der Waals surface area (Å²) in [6.07, 6.45) is 1.83. The molecule has 18 heavy (non-hydrogen) atoms. The summed E-state index contributed by atoms with van der Waals surface area (Å²) in [6.45, 7) is 0. The van der Waals surface area contributed by atoms with Crippen molar-refractivity contribution < 1.29 is 0 Å². The maximum atomic E-state index is 11.3. The van der Waals surface area contributed by atoms with Crippen LogP contribution in [0.2, 0.25) is 0 Å². The van der Waals surface area contributed by atoms with Gasteiger partial charge in [0.2, 0.25) is 0 Å². The largest absolute Gasteiger partial charge is 0.289 e. The van der Waals surface area contributed by atoms with E-state index in [2.05, 4.69) is 4.98 Å². The van der Waals surface area contributed by atoms with E-state index in [1.165, 1.54) is 31.1 Å². The highest BCUT2D eigenvalue weighted by Crippen LogP contribution is 2.45. The molecular formula is C11H9NOS5. The van der Waals surface area contributed by atoms with Crippen molar-refractivity contribution in [3.05, 3.63) is 33.2 Å². The molecule has 0 fully saturated rings. The van der Waals surface area contributed by atoms with Crippen LogP contribution in [0.1, 0.15) is 0 Å².